The van der Waals surface area contributed by atoms with Crippen LogP contribution in [0, 0.1) is 0 Å². The van der Waals surface area contributed by atoms with Crippen molar-refractivity contribution in [3.05, 3.63) is 18.2 Å². The normalized spacial score (nSPS) is 13.0. The minimum absolute atomic E-state index is 0.120. The lowest BCUT2D eigenvalue weighted by molar-refractivity contribution is 0.0963. The van der Waals surface area contributed by atoms with Crippen LogP contribution in [-0.4, -0.2) is 21.4 Å². The first-order valence-electron chi connectivity index (χ1n) is 3.39. The highest BCUT2D eigenvalue weighted by Crippen LogP contribution is 1.97. The van der Waals surface area contributed by atoms with Gasteiger partial charge in [0.25, 0.3) is 0 Å². The number of rotatable bonds is 2. The molecule has 1 aromatic rings. The lowest BCUT2D eigenvalue weighted by Crippen LogP contribution is -2.26. The van der Waals surface area contributed by atoms with Crippen molar-refractivity contribution in [3.8, 4) is 0 Å². The van der Waals surface area contributed by atoms with Gasteiger partial charge in [0, 0.05) is 13.2 Å². The predicted molar refractivity (Wildman–Crippen MR) is 41.2 cm³/mol. The van der Waals surface area contributed by atoms with Crippen LogP contribution in [0.4, 0.5) is 0 Å². The molecule has 0 aliphatic rings. The van der Waals surface area contributed by atoms with E-state index in [1.54, 1.807) is 24.0 Å². The van der Waals surface area contributed by atoms with E-state index in [1.165, 1.54) is 0 Å². The summed E-state index contributed by atoms with van der Waals surface area (Å²) in [4.78, 5) is 15.0. The quantitative estimate of drug-likeness (QED) is 0.606. The number of aryl methyl sites for hydroxylation is 1. The molecule has 2 N–H and O–H groups in total. The van der Waals surface area contributed by atoms with Gasteiger partial charge in [-0.2, -0.15) is 0 Å². The van der Waals surface area contributed by atoms with Crippen LogP contribution >= 0.6 is 0 Å². The topological polar surface area (TPSA) is 60.9 Å². The molecule has 0 aromatic carbocycles. The third-order valence-electron chi connectivity index (χ3n) is 1.37. The van der Waals surface area contributed by atoms with Gasteiger partial charge < -0.3 is 10.3 Å². The van der Waals surface area contributed by atoms with E-state index in [0.717, 1.165) is 0 Å². The van der Waals surface area contributed by atoms with Crippen molar-refractivity contribution in [2.45, 2.75) is 13.0 Å². The Kier molecular flexibility index (Phi) is 2.05. The highest BCUT2D eigenvalue weighted by molar-refractivity contribution is 5.97. The van der Waals surface area contributed by atoms with Crippen molar-refractivity contribution >= 4 is 5.78 Å². The molecule has 0 amide bonds. The number of nitrogens with zero attached hydrogens (tertiary/aromatic N) is 2. The predicted octanol–water partition coefficient (Wildman–Crippen LogP) is -0.0500. The second-order valence-corrected chi connectivity index (χ2v) is 2.58. The number of hydrogen-bond acceptors (Lipinski definition) is 3. The van der Waals surface area contributed by atoms with E-state index < -0.39 is 6.04 Å². The maximum Gasteiger partial charge on any atom is 0.199 e. The summed E-state index contributed by atoms with van der Waals surface area (Å²) >= 11 is 0. The molecule has 0 saturated carbocycles. The molecule has 0 unspecified atom stereocenters. The van der Waals surface area contributed by atoms with Crippen LogP contribution in [0.1, 0.15) is 17.4 Å². The average Bonchev–Trinajstić information content (AvgIpc) is 2.34. The zero-order chi connectivity index (χ0) is 8.43. The monoisotopic (exact) mass is 153 g/mol. The first-order valence-corrected chi connectivity index (χ1v) is 3.39. The number of Topliss-reactive ketones (excluding diaryl/α,β-unsaturated/α-hetero) is 1. The van der Waals surface area contributed by atoms with Gasteiger partial charge in [-0.05, 0) is 6.92 Å². The standard InChI is InChI=1S/C7H11N3O/c1-5(8)7(11)6-3-10(2)4-9-6/h3-5H,8H2,1-2H3/t5-/m1/s1. The molecular weight excluding hydrogens is 142 g/mol. The average molecular weight is 153 g/mol. The molecule has 1 aromatic heterocycles. The fraction of sp³-hybridized carbons (Fsp3) is 0.429. The van der Waals surface area contributed by atoms with E-state index in [2.05, 4.69) is 4.98 Å². The maximum absolute atomic E-state index is 11.2. The molecule has 60 valence electrons. The minimum atomic E-state index is -0.468. The summed E-state index contributed by atoms with van der Waals surface area (Å²) in [5, 5.41) is 0. The Balaban J connectivity index is 2.85. The first-order chi connectivity index (χ1) is 5.11. The molecule has 0 saturated heterocycles. The van der Waals surface area contributed by atoms with Crippen molar-refractivity contribution in [2.75, 3.05) is 0 Å². The van der Waals surface area contributed by atoms with Crippen LogP contribution in [0.2, 0.25) is 0 Å². The third-order valence-corrected chi connectivity index (χ3v) is 1.37. The molecule has 1 atom stereocenters. The molecule has 0 bridgehead atoms. The number of nitrogens with two attached hydrogens (primary N) is 1. The number of carbonyl (C=O) groups excluding carboxylic acids is 1. The van der Waals surface area contributed by atoms with Crippen molar-refractivity contribution in [2.24, 2.45) is 12.8 Å². The number of ketones is 1. The van der Waals surface area contributed by atoms with E-state index in [0.29, 0.717) is 5.69 Å². The fourth-order valence-electron chi connectivity index (χ4n) is 0.773. The van der Waals surface area contributed by atoms with Crippen LogP contribution in [0.15, 0.2) is 12.5 Å². The number of carbonyl (C=O) groups is 1. The number of aromatic nitrogens is 2. The summed E-state index contributed by atoms with van der Waals surface area (Å²) in [6.45, 7) is 1.65. The maximum atomic E-state index is 11.2. The molecule has 0 aliphatic carbocycles. The zero-order valence-corrected chi connectivity index (χ0v) is 6.61. The van der Waals surface area contributed by atoms with Crippen LogP contribution in [0.5, 0.6) is 0 Å². The van der Waals surface area contributed by atoms with Gasteiger partial charge in [-0.1, -0.05) is 0 Å². The van der Waals surface area contributed by atoms with Crippen molar-refractivity contribution in [3.63, 3.8) is 0 Å². The van der Waals surface area contributed by atoms with Crippen LogP contribution in [0.25, 0.3) is 0 Å². The van der Waals surface area contributed by atoms with Gasteiger partial charge >= 0.3 is 0 Å². The third kappa shape index (κ3) is 1.65. The Hall–Kier alpha value is -1.16. The molecule has 0 spiro atoms. The molecule has 1 rings (SSSR count). The van der Waals surface area contributed by atoms with E-state index in [1.807, 2.05) is 7.05 Å². The number of hydrogen-bond donors (Lipinski definition) is 1. The van der Waals surface area contributed by atoms with Crippen LogP contribution in [-0.2, 0) is 7.05 Å². The van der Waals surface area contributed by atoms with Crippen molar-refractivity contribution < 1.29 is 4.79 Å². The van der Waals surface area contributed by atoms with Gasteiger partial charge in [0.2, 0.25) is 0 Å². The van der Waals surface area contributed by atoms with E-state index >= 15 is 0 Å². The van der Waals surface area contributed by atoms with Crippen molar-refractivity contribution in [1.29, 1.82) is 0 Å². The summed E-state index contributed by atoms with van der Waals surface area (Å²) in [7, 11) is 1.81. The van der Waals surface area contributed by atoms with Gasteiger partial charge in [-0.15, -0.1) is 0 Å². The fourth-order valence-corrected chi connectivity index (χ4v) is 0.773. The van der Waals surface area contributed by atoms with E-state index in [-0.39, 0.29) is 5.78 Å². The molecule has 0 fully saturated rings. The smallest absolute Gasteiger partial charge is 0.199 e. The summed E-state index contributed by atoms with van der Waals surface area (Å²) in [6.07, 6.45) is 3.24. The highest BCUT2D eigenvalue weighted by atomic mass is 16.1. The van der Waals surface area contributed by atoms with Gasteiger partial charge in [0.15, 0.2) is 5.78 Å². The second kappa shape index (κ2) is 2.84. The SMILES string of the molecule is C[C@@H](N)C(=O)c1cn(C)cn1. The Bertz CT molecular complexity index is 264. The Morgan fingerprint density at radius 3 is 2.82 bits per heavy atom. The Morgan fingerprint density at radius 2 is 2.45 bits per heavy atom. The Morgan fingerprint density at radius 1 is 1.82 bits per heavy atom. The summed E-state index contributed by atoms with van der Waals surface area (Å²) in [5.41, 5.74) is 5.81. The molecule has 0 aliphatic heterocycles. The second-order valence-electron chi connectivity index (χ2n) is 2.58. The van der Waals surface area contributed by atoms with Gasteiger partial charge in [-0.25, -0.2) is 4.98 Å². The van der Waals surface area contributed by atoms with Gasteiger partial charge in [-0.3, -0.25) is 4.79 Å². The van der Waals surface area contributed by atoms with Crippen LogP contribution < -0.4 is 5.73 Å². The van der Waals surface area contributed by atoms with Gasteiger partial charge in [0.05, 0.1) is 12.4 Å². The first kappa shape index (κ1) is 7.94. The Labute approximate surface area is 65.0 Å². The molecule has 0 radical (unpaired) electrons. The van der Waals surface area contributed by atoms with E-state index in [4.69, 9.17) is 5.73 Å². The zero-order valence-electron chi connectivity index (χ0n) is 6.61. The lowest BCUT2D eigenvalue weighted by atomic mass is 10.2. The molecular formula is C7H11N3O. The lowest BCUT2D eigenvalue weighted by Gasteiger charge is -1.98. The molecule has 4 nitrogen and oxygen atoms in total. The summed E-state index contributed by atoms with van der Waals surface area (Å²) in [5.74, 6) is -0.120. The highest BCUT2D eigenvalue weighted by Gasteiger charge is 2.12. The van der Waals surface area contributed by atoms with Crippen molar-refractivity contribution in [1.82, 2.24) is 9.55 Å². The summed E-state index contributed by atoms with van der Waals surface area (Å²) < 4.78 is 1.72. The van der Waals surface area contributed by atoms with E-state index in [9.17, 15) is 4.79 Å². The van der Waals surface area contributed by atoms with Gasteiger partial charge in [0.1, 0.15) is 5.69 Å². The van der Waals surface area contributed by atoms with Crippen LogP contribution in [0.3, 0.4) is 0 Å². The summed E-state index contributed by atoms with van der Waals surface area (Å²) in [6, 6.07) is -0.468. The molecule has 11 heavy (non-hydrogen) atoms. The molecule has 1 heterocycles. The molecule has 4 heteroatoms. The largest absolute Gasteiger partial charge is 0.340 e. The minimum Gasteiger partial charge on any atom is -0.340 e. The number of imidazole rings is 1.